The highest BCUT2D eigenvalue weighted by Gasteiger charge is 2.01. The van der Waals surface area contributed by atoms with E-state index in [9.17, 15) is 0 Å². The first-order valence-electron chi connectivity index (χ1n) is 3.46. The molecular formula is C7H10BrNOS. The number of hydrogen-bond donors (Lipinski definition) is 1. The van der Waals surface area contributed by atoms with Crippen LogP contribution in [-0.2, 0) is 6.42 Å². The average Bonchev–Trinajstić information content (AvgIpc) is 2.31. The van der Waals surface area contributed by atoms with Gasteiger partial charge in [0.15, 0.2) is 3.92 Å². The normalized spacial score (nSPS) is 13.4. The SMILES string of the molecule is C[C@@H](O)CCc1csc(Br)n1. The number of aliphatic hydroxyl groups is 1. The fourth-order valence-electron chi connectivity index (χ4n) is 0.754. The van der Waals surface area contributed by atoms with Crippen molar-refractivity contribution in [3.63, 3.8) is 0 Å². The Labute approximate surface area is 78.4 Å². The molecule has 1 atom stereocenters. The first kappa shape index (κ1) is 9.16. The molecule has 0 fully saturated rings. The second kappa shape index (κ2) is 4.18. The number of aromatic nitrogens is 1. The predicted octanol–water partition coefficient (Wildman–Crippen LogP) is 2.22. The lowest BCUT2D eigenvalue weighted by atomic mass is 10.2. The molecule has 1 aromatic rings. The summed E-state index contributed by atoms with van der Waals surface area (Å²) in [6.45, 7) is 1.79. The predicted molar refractivity (Wildman–Crippen MR) is 49.8 cm³/mol. The summed E-state index contributed by atoms with van der Waals surface area (Å²) in [5.41, 5.74) is 1.06. The molecule has 0 aliphatic heterocycles. The van der Waals surface area contributed by atoms with Crippen molar-refractivity contribution in [1.29, 1.82) is 0 Å². The number of rotatable bonds is 3. The third-order valence-corrected chi connectivity index (χ3v) is 2.76. The smallest absolute Gasteiger partial charge is 0.159 e. The van der Waals surface area contributed by atoms with E-state index in [1.165, 1.54) is 0 Å². The van der Waals surface area contributed by atoms with Crippen LogP contribution in [0.3, 0.4) is 0 Å². The zero-order valence-corrected chi connectivity index (χ0v) is 8.65. The molecule has 0 spiro atoms. The van der Waals surface area contributed by atoms with Gasteiger partial charge >= 0.3 is 0 Å². The number of aryl methyl sites for hydroxylation is 1. The molecule has 0 aliphatic rings. The van der Waals surface area contributed by atoms with Gasteiger partial charge in [0.2, 0.25) is 0 Å². The van der Waals surface area contributed by atoms with E-state index in [4.69, 9.17) is 5.11 Å². The van der Waals surface area contributed by atoms with Crippen LogP contribution in [0.2, 0.25) is 0 Å². The van der Waals surface area contributed by atoms with Gasteiger partial charge in [-0.15, -0.1) is 11.3 Å². The van der Waals surface area contributed by atoms with Crippen LogP contribution in [0.4, 0.5) is 0 Å². The molecule has 1 aromatic heterocycles. The minimum atomic E-state index is -0.226. The minimum Gasteiger partial charge on any atom is -0.393 e. The summed E-state index contributed by atoms with van der Waals surface area (Å²) < 4.78 is 0.915. The lowest BCUT2D eigenvalue weighted by molar-refractivity contribution is 0.184. The monoisotopic (exact) mass is 235 g/mol. The van der Waals surface area contributed by atoms with Gasteiger partial charge in [-0.1, -0.05) is 0 Å². The van der Waals surface area contributed by atoms with Gasteiger partial charge in [-0.2, -0.15) is 0 Å². The number of nitrogens with zero attached hydrogens (tertiary/aromatic N) is 1. The lowest BCUT2D eigenvalue weighted by Crippen LogP contribution is -2.01. The van der Waals surface area contributed by atoms with Crippen LogP contribution in [0, 0.1) is 0 Å². The third kappa shape index (κ3) is 3.31. The highest BCUT2D eigenvalue weighted by atomic mass is 79.9. The van der Waals surface area contributed by atoms with E-state index in [-0.39, 0.29) is 6.10 Å². The summed E-state index contributed by atoms with van der Waals surface area (Å²) in [6.07, 6.45) is 1.42. The molecule has 11 heavy (non-hydrogen) atoms. The summed E-state index contributed by atoms with van der Waals surface area (Å²) in [5, 5.41) is 11.0. The minimum absolute atomic E-state index is 0.226. The highest BCUT2D eigenvalue weighted by Crippen LogP contribution is 2.17. The van der Waals surface area contributed by atoms with Crippen molar-refractivity contribution in [3.8, 4) is 0 Å². The van der Waals surface area contributed by atoms with E-state index in [1.54, 1.807) is 18.3 Å². The first-order valence-corrected chi connectivity index (χ1v) is 5.13. The van der Waals surface area contributed by atoms with Crippen LogP contribution in [0.15, 0.2) is 9.30 Å². The molecule has 2 nitrogen and oxygen atoms in total. The van der Waals surface area contributed by atoms with Gasteiger partial charge in [0.05, 0.1) is 11.8 Å². The Kier molecular flexibility index (Phi) is 3.48. The van der Waals surface area contributed by atoms with Gasteiger partial charge in [0, 0.05) is 5.38 Å². The Bertz CT molecular complexity index is 224. The summed E-state index contributed by atoms with van der Waals surface area (Å²) >= 11 is 4.86. The van der Waals surface area contributed by atoms with Crippen LogP contribution in [-0.4, -0.2) is 16.2 Å². The maximum Gasteiger partial charge on any atom is 0.159 e. The molecule has 1 rings (SSSR count). The molecule has 0 unspecified atom stereocenters. The van der Waals surface area contributed by atoms with Crippen molar-refractivity contribution in [2.24, 2.45) is 0 Å². The number of hydrogen-bond acceptors (Lipinski definition) is 3. The number of aliphatic hydroxyl groups excluding tert-OH is 1. The first-order chi connectivity index (χ1) is 5.18. The van der Waals surface area contributed by atoms with E-state index < -0.39 is 0 Å². The Morgan fingerprint density at radius 3 is 3.00 bits per heavy atom. The fraction of sp³-hybridized carbons (Fsp3) is 0.571. The molecular weight excluding hydrogens is 226 g/mol. The highest BCUT2D eigenvalue weighted by molar-refractivity contribution is 9.11. The molecule has 0 aliphatic carbocycles. The van der Waals surface area contributed by atoms with Gasteiger partial charge < -0.3 is 5.11 Å². The van der Waals surface area contributed by atoms with Gasteiger partial charge in [-0.25, -0.2) is 4.98 Å². The summed E-state index contributed by atoms with van der Waals surface area (Å²) in [4.78, 5) is 4.21. The molecule has 0 saturated carbocycles. The summed E-state index contributed by atoms with van der Waals surface area (Å²) in [5.74, 6) is 0. The Morgan fingerprint density at radius 2 is 2.55 bits per heavy atom. The zero-order chi connectivity index (χ0) is 8.27. The standard InChI is InChI=1S/C7H10BrNOS/c1-5(10)2-3-6-4-11-7(8)9-6/h4-5,10H,2-3H2,1H3/t5-/m1/s1. The lowest BCUT2D eigenvalue weighted by Gasteiger charge is -1.99. The maximum absolute atomic E-state index is 8.98. The van der Waals surface area contributed by atoms with Crippen molar-refractivity contribution >= 4 is 27.3 Å². The third-order valence-electron chi connectivity index (χ3n) is 1.34. The van der Waals surface area contributed by atoms with E-state index in [2.05, 4.69) is 20.9 Å². The van der Waals surface area contributed by atoms with Gasteiger partial charge in [-0.05, 0) is 35.7 Å². The second-order valence-electron chi connectivity index (χ2n) is 2.48. The van der Waals surface area contributed by atoms with Crippen molar-refractivity contribution in [2.45, 2.75) is 25.9 Å². The molecule has 1 heterocycles. The van der Waals surface area contributed by atoms with Crippen LogP contribution >= 0.6 is 27.3 Å². The Morgan fingerprint density at radius 1 is 1.82 bits per heavy atom. The molecule has 1 N–H and O–H groups in total. The van der Waals surface area contributed by atoms with Crippen LogP contribution in [0.25, 0.3) is 0 Å². The van der Waals surface area contributed by atoms with Crippen molar-refractivity contribution in [1.82, 2.24) is 4.98 Å². The average molecular weight is 236 g/mol. The second-order valence-corrected chi connectivity index (χ2v) is 4.61. The molecule has 4 heteroatoms. The maximum atomic E-state index is 8.98. The zero-order valence-electron chi connectivity index (χ0n) is 6.25. The van der Waals surface area contributed by atoms with E-state index in [0.29, 0.717) is 0 Å². The number of thiazole rings is 1. The summed E-state index contributed by atoms with van der Waals surface area (Å²) in [6, 6.07) is 0. The molecule has 0 bridgehead atoms. The van der Waals surface area contributed by atoms with Crippen LogP contribution in [0.5, 0.6) is 0 Å². The molecule has 0 radical (unpaired) electrons. The molecule has 62 valence electrons. The van der Waals surface area contributed by atoms with E-state index in [1.807, 2.05) is 5.38 Å². The fourth-order valence-corrected chi connectivity index (χ4v) is 1.84. The van der Waals surface area contributed by atoms with Gasteiger partial charge in [-0.3, -0.25) is 0 Å². The summed E-state index contributed by atoms with van der Waals surface area (Å²) in [7, 11) is 0. The van der Waals surface area contributed by atoms with E-state index >= 15 is 0 Å². The molecule has 0 aromatic carbocycles. The quantitative estimate of drug-likeness (QED) is 0.872. The van der Waals surface area contributed by atoms with Crippen LogP contribution in [0.1, 0.15) is 19.0 Å². The molecule has 0 saturated heterocycles. The Hall–Kier alpha value is 0.0700. The Balaban J connectivity index is 2.39. The van der Waals surface area contributed by atoms with Crippen molar-refractivity contribution in [3.05, 3.63) is 15.0 Å². The number of halogens is 1. The van der Waals surface area contributed by atoms with Crippen molar-refractivity contribution < 1.29 is 5.11 Å². The van der Waals surface area contributed by atoms with Gasteiger partial charge in [0.1, 0.15) is 0 Å². The topological polar surface area (TPSA) is 33.1 Å². The molecule has 0 amide bonds. The van der Waals surface area contributed by atoms with Gasteiger partial charge in [0.25, 0.3) is 0 Å². The largest absolute Gasteiger partial charge is 0.393 e. The van der Waals surface area contributed by atoms with E-state index in [0.717, 1.165) is 22.5 Å². The van der Waals surface area contributed by atoms with Crippen LogP contribution < -0.4 is 0 Å². The van der Waals surface area contributed by atoms with Crippen molar-refractivity contribution in [2.75, 3.05) is 0 Å².